The van der Waals surface area contributed by atoms with Crippen LogP contribution in [0.3, 0.4) is 0 Å². The molecule has 6 nitrogen and oxygen atoms in total. The van der Waals surface area contributed by atoms with Gasteiger partial charge >= 0.3 is 6.03 Å². The second-order valence-electron chi connectivity index (χ2n) is 6.28. The van der Waals surface area contributed by atoms with E-state index in [1.165, 1.54) is 19.3 Å². The van der Waals surface area contributed by atoms with Gasteiger partial charge in [0, 0.05) is 38.4 Å². The number of nitrogens with zero attached hydrogens (tertiary/aromatic N) is 3. The van der Waals surface area contributed by atoms with Gasteiger partial charge < -0.3 is 15.1 Å². The van der Waals surface area contributed by atoms with Crippen LogP contribution in [-0.4, -0.2) is 58.9 Å². The largest absolute Gasteiger partial charge is 0.335 e. The van der Waals surface area contributed by atoms with Gasteiger partial charge in [0.2, 0.25) is 0 Å². The number of carbonyl (C=O) groups excluding carboxylic acids is 2. The summed E-state index contributed by atoms with van der Waals surface area (Å²) in [5.41, 5.74) is 0.465. The van der Waals surface area contributed by atoms with E-state index in [1.807, 2.05) is 11.0 Å². The highest BCUT2D eigenvalue weighted by Gasteiger charge is 2.26. The lowest BCUT2D eigenvalue weighted by Crippen LogP contribution is -2.54. The van der Waals surface area contributed by atoms with Crippen molar-refractivity contribution in [3.63, 3.8) is 0 Å². The topological polar surface area (TPSA) is 65.5 Å². The quantitative estimate of drug-likeness (QED) is 0.906. The maximum atomic E-state index is 12.3. The molecule has 0 bridgehead atoms. The Kier molecular flexibility index (Phi) is 5.10. The minimum atomic E-state index is -0.0575. The van der Waals surface area contributed by atoms with E-state index in [0.717, 1.165) is 12.8 Å². The molecular weight excluding hydrogens is 292 g/mol. The molecule has 1 saturated heterocycles. The molecule has 0 atom stereocenters. The van der Waals surface area contributed by atoms with E-state index in [-0.39, 0.29) is 11.9 Å². The smallest absolute Gasteiger partial charge is 0.317 e. The lowest BCUT2D eigenvalue weighted by molar-refractivity contribution is 0.0657. The summed E-state index contributed by atoms with van der Waals surface area (Å²) in [5, 5.41) is 3.14. The van der Waals surface area contributed by atoms with Crippen molar-refractivity contribution in [3.05, 3.63) is 30.1 Å². The lowest BCUT2D eigenvalue weighted by atomic mass is 9.96. The number of hydrogen-bond donors (Lipinski definition) is 1. The fraction of sp³-hybridized carbons (Fsp3) is 0.588. The Morgan fingerprint density at radius 2 is 1.70 bits per heavy atom. The SMILES string of the molecule is O=C(NC1CCCCC1)N1CCN(C(=O)c2ccccn2)CC1. The normalized spacial score (nSPS) is 19.5. The molecule has 1 saturated carbocycles. The van der Waals surface area contributed by atoms with Crippen LogP contribution >= 0.6 is 0 Å². The third-order valence-corrected chi connectivity index (χ3v) is 4.67. The van der Waals surface area contributed by atoms with Crippen LogP contribution in [0, 0.1) is 0 Å². The Morgan fingerprint density at radius 1 is 1.00 bits per heavy atom. The maximum Gasteiger partial charge on any atom is 0.317 e. The van der Waals surface area contributed by atoms with E-state index in [1.54, 1.807) is 23.2 Å². The van der Waals surface area contributed by atoms with Crippen LogP contribution < -0.4 is 5.32 Å². The number of amides is 3. The Balaban J connectivity index is 1.48. The van der Waals surface area contributed by atoms with Crippen LogP contribution in [0.5, 0.6) is 0 Å². The van der Waals surface area contributed by atoms with Crippen molar-refractivity contribution < 1.29 is 9.59 Å². The molecule has 1 N–H and O–H groups in total. The van der Waals surface area contributed by atoms with Gasteiger partial charge in [0.05, 0.1) is 0 Å². The Morgan fingerprint density at radius 3 is 2.35 bits per heavy atom. The summed E-state index contributed by atoms with van der Waals surface area (Å²) in [5.74, 6) is -0.0575. The molecule has 124 valence electrons. The number of urea groups is 1. The standard InChI is InChI=1S/C17H24N4O2/c22-16(15-8-4-5-9-18-15)20-10-12-21(13-11-20)17(23)19-14-6-2-1-3-7-14/h4-5,8-9,14H,1-3,6-7,10-13H2,(H,19,23). The number of nitrogens with one attached hydrogen (secondary N) is 1. The maximum absolute atomic E-state index is 12.3. The molecule has 2 aliphatic rings. The van der Waals surface area contributed by atoms with Gasteiger partial charge in [-0.3, -0.25) is 9.78 Å². The summed E-state index contributed by atoms with van der Waals surface area (Å²) in [6.07, 6.45) is 7.49. The number of rotatable bonds is 2. The number of pyridine rings is 1. The van der Waals surface area contributed by atoms with Crippen molar-refractivity contribution >= 4 is 11.9 Å². The van der Waals surface area contributed by atoms with Crippen molar-refractivity contribution in [1.29, 1.82) is 0 Å². The molecule has 1 aliphatic heterocycles. The summed E-state index contributed by atoms with van der Waals surface area (Å²) >= 11 is 0. The highest BCUT2D eigenvalue weighted by molar-refractivity contribution is 5.92. The first kappa shape index (κ1) is 15.8. The Bertz CT molecular complexity index is 535. The van der Waals surface area contributed by atoms with E-state index in [0.29, 0.717) is 37.9 Å². The van der Waals surface area contributed by atoms with Gasteiger partial charge in [-0.15, -0.1) is 0 Å². The molecule has 0 aromatic carbocycles. The van der Waals surface area contributed by atoms with E-state index in [9.17, 15) is 9.59 Å². The second-order valence-corrected chi connectivity index (χ2v) is 6.28. The second kappa shape index (κ2) is 7.44. The van der Waals surface area contributed by atoms with E-state index in [2.05, 4.69) is 10.3 Å². The van der Waals surface area contributed by atoms with Crippen LogP contribution in [0.2, 0.25) is 0 Å². The summed E-state index contributed by atoms with van der Waals surface area (Å²) in [4.78, 5) is 32.3. The number of carbonyl (C=O) groups is 2. The first-order chi connectivity index (χ1) is 11.2. The summed E-state index contributed by atoms with van der Waals surface area (Å²) in [6.45, 7) is 2.29. The van der Waals surface area contributed by atoms with E-state index in [4.69, 9.17) is 0 Å². The molecule has 23 heavy (non-hydrogen) atoms. The van der Waals surface area contributed by atoms with Gasteiger partial charge in [0.15, 0.2) is 0 Å². The zero-order valence-electron chi connectivity index (χ0n) is 13.4. The Labute approximate surface area is 136 Å². The fourth-order valence-corrected chi connectivity index (χ4v) is 3.28. The van der Waals surface area contributed by atoms with E-state index >= 15 is 0 Å². The summed E-state index contributed by atoms with van der Waals surface area (Å²) < 4.78 is 0. The zero-order chi connectivity index (χ0) is 16.1. The number of aromatic nitrogens is 1. The van der Waals surface area contributed by atoms with E-state index < -0.39 is 0 Å². The molecule has 0 unspecified atom stereocenters. The molecule has 2 fully saturated rings. The molecule has 3 rings (SSSR count). The molecule has 1 aromatic rings. The molecular formula is C17H24N4O2. The predicted octanol–water partition coefficient (Wildman–Crippen LogP) is 1.88. The molecule has 0 spiro atoms. The average molecular weight is 316 g/mol. The number of piperazine rings is 1. The van der Waals surface area contributed by atoms with Gasteiger partial charge in [-0.2, -0.15) is 0 Å². The van der Waals surface area contributed by atoms with Crippen molar-refractivity contribution in [1.82, 2.24) is 20.1 Å². The van der Waals surface area contributed by atoms with Crippen LogP contribution in [-0.2, 0) is 0 Å². The molecule has 2 heterocycles. The minimum absolute atomic E-state index is 0.0156. The van der Waals surface area contributed by atoms with Crippen LogP contribution in [0.15, 0.2) is 24.4 Å². The highest BCUT2D eigenvalue weighted by Crippen LogP contribution is 2.17. The molecule has 1 aliphatic carbocycles. The predicted molar refractivity (Wildman–Crippen MR) is 87.1 cm³/mol. The van der Waals surface area contributed by atoms with Crippen LogP contribution in [0.25, 0.3) is 0 Å². The minimum Gasteiger partial charge on any atom is -0.335 e. The van der Waals surface area contributed by atoms with Crippen LogP contribution in [0.4, 0.5) is 4.79 Å². The van der Waals surface area contributed by atoms with Crippen LogP contribution in [0.1, 0.15) is 42.6 Å². The molecule has 0 radical (unpaired) electrons. The van der Waals surface area contributed by atoms with Gasteiger partial charge in [-0.25, -0.2) is 4.79 Å². The van der Waals surface area contributed by atoms with Crippen molar-refractivity contribution in [2.45, 2.75) is 38.1 Å². The first-order valence-electron chi connectivity index (χ1n) is 8.50. The van der Waals surface area contributed by atoms with Gasteiger partial charge in [0.1, 0.15) is 5.69 Å². The van der Waals surface area contributed by atoms with Gasteiger partial charge in [0.25, 0.3) is 5.91 Å². The van der Waals surface area contributed by atoms with Crippen molar-refractivity contribution in [2.24, 2.45) is 0 Å². The van der Waals surface area contributed by atoms with Gasteiger partial charge in [-0.1, -0.05) is 25.3 Å². The first-order valence-corrected chi connectivity index (χ1v) is 8.50. The van der Waals surface area contributed by atoms with Crippen molar-refractivity contribution in [2.75, 3.05) is 26.2 Å². The molecule has 3 amide bonds. The monoisotopic (exact) mass is 316 g/mol. The van der Waals surface area contributed by atoms with Crippen molar-refractivity contribution in [3.8, 4) is 0 Å². The molecule has 6 heteroatoms. The summed E-state index contributed by atoms with van der Waals surface area (Å²) in [7, 11) is 0. The highest BCUT2D eigenvalue weighted by atomic mass is 16.2. The number of hydrogen-bond acceptors (Lipinski definition) is 3. The fourth-order valence-electron chi connectivity index (χ4n) is 3.28. The summed E-state index contributed by atoms with van der Waals surface area (Å²) in [6, 6.07) is 5.68. The molecule has 1 aromatic heterocycles. The third-order valence-electron chi connectivity index (χ3n) is 4.67. The average Bonchev–Trinajstić information content (AvgIpc) is 2.63. The lowest BCUT2D eigenvalue weighted by Gasteiger charge is -2.35. The Hall–Kier alpha value is -2.11. The zero-order valence-corrected chi connectivity index (χ0v) is 13.4. The van der Waals surface area contributed by atoms with Gasteiger partial charge in [-0.05, 0) is 25.0 Å². The third kappa shape index (κ3) is 4.00.